The van der Waals surface area contributed by atoms with Gasteiger partial charge in [0.15, 0.2) is 12.2 Å². The van der Waals surface area contributed by atoms with Gasteiger partial charge in [-0.15, -0.1) is 0 Å². The highest BCUT2D eigenvalue weighted by Crippen LogP contribution is 2.43. The van der Waals surface area contributed by atoms with Crippen molar-refractivity contribution in [3.63, 3.8) is 0 Å². The third kappa shape index (κ3) is 4.11. The minimum atomic E-state index is -0.817. The zero-order chi connectivity index (χ0) is 25.5. The maximum Gasteiger partial charge on any atom is 0.338 e. The molecule has 1 unspecified atom stereocenters. The highest BCUT2D eigenvalue weighted by molar-refractivity contribution is 5.99. The minimum Gasteiger partial charge on any atom is -0.450 e. The van der Waals surface area contributed by atoms with Crippen molar-refractivity contribution in [1.82, 2.24) is 0 Å². The number of rotatable bonds is 4. The Balaban J connectivity index is 1.44. The maximum absolute atomic E-state index is 13.1. The van der Waals surface area contributed by atoms with Crippen LogP contribution in [0.3, 0.4) is 0 Å². The molecule has 0 fully saturated rings. The highest BCUT2D eigenvalue weighted by atomic mass is 16.6. The summed E-state index contributed by atoms with van der Waals surface area (Å²) < 4.78 is 11.9. The minimum absolute atomic E-state index is 0.426. The maximum atomic E-state index is 13.1. The predicted octanol–water partition coefficient (Wildman–Crippen LogP) is 6.28. The molecule has 0 aliphatic heterocycles. The molecule has 0 amide bonds. The molecule has 6 rings (SSSR count). The average molecular weight is 491 g/mol. The quantitative estimate of drug-likeness (QED) is 0.341. The summed E-state index contributed by atoms with van der Waals surface area (Å²) in [6.45, 7) is 2.04. The van der Waals surface area contributed by atoms with Crippen LogP contribution in [0.15, 0.2) is 84.9 Å². The Kier molecular flexibility index (Phi) is 5.85. The Morgan fingerprint density at radius 3 is 2.16 bits per heavy atom. The lowest BCUT2D eigenvalue weighted by Gasteiger charge is -2.30. The summed E-state index contributed by atoms with van der Waals surface area (Å²) in [6.07, 6.45) is 3.25. The van der Waals surface area contributed by atoms with E-state index in [1.807, 2.05) is 37.3 Å². The molecule has 5 heteroatoms. The molecule has 0 heterocycles. The Morgan fingerprint density at radius 2 is 1.49 bits per heavy atom. The largest absolute Gasteiger partial charge is 0.450 e. The van der Waals surface area contributed by atoms with E-state index in [1.165, 1.54) is 5.56 Å². The van der Waals surface area contributed by atoms with Gasteiger partial charge in [0.2, 0.25) is 0 Å². The van der Waals surface area contributed by atoms with Crippen LogP contribution in [0.25, 0.3) is 16.8 Å². The first kappa shape index (κ1) is 23.2. The summed E-state index contributed by atoms with van der Waals surface area (Å²) in [5.41, 5.74) is 5.79. The molecule has 0 saturated carbocycles. The normalized spacial score (nSPS) is 19.8. The van der Waals surface area contributed by atoms with Crippen molar-refractivity contribution in [1.29, 1.82) is 0 Å². The van der Waals surface area contributed by atoms with Crippen LogP contribution in [0.4, 0.5) is 0 Å². The number of hydrogen-bond donors (Lipinski definition) is 1. The number of benzene rings is 4. The molecule has 0 radical (unpaired) electrons. The van der Waals surface area contributed by atoms with E-state index in [1.54, 1.807) is 54.6 Å². The molecule has 3 atom stereocenters. The number of fused-ring (bicyclic) bond motifs is 5. The summed E-state index contributed by atoms with van der Waals surface area (Å²) in [6, 6.07) is 23.6. The lowest BCUT2D eigenvalue weighted by molar-refractivity contribution is -0.0228. The molecule has 2 aliphatic rings. The molecule has 5 nitrogen and oxygen atoms in total. The SMILES string of the molecule is Cc1cc2c(c3ccc4c(c13)C=C[C@@H](OC(=O)c1ccccc1)[C@@H]4OC(=O)c1ccccc1)CCC2O. The summed E-state index contributed by atoms with van der Waals surface area (Å²) in [5.74, 6) is -0.968. The van der Waals surface area contributed by atoms with Crippen LogP contribution in [0.5, 0.6) is 0 Å². The number of aliphatic hydroxyl groups is 1. The van der Waals surface area contributed by atoms with Crippen molar-refractivity contribution < 1.29 is 24.2 Å². The van der Waals surface area contributed by atoms with Gasteiger partial charge in [-0.25, -0.2) is 9.59 Å². The molecule has 37 heavy (non-hydrogen) atoms. The van der Waals surface area contributed by atoms with Gasteiger partial charge in [-0.05, 0) is 83.1 Å². The monoisotopic (exact) mass is 490 g/mol. The summed E-state index contributed by atoms with van der Waals surface area (Å²) in [4.78, 5) is 26.1. The van der Waals surface area contributed by atoms with E-state index in [0.717, 1.165) is 45.9 Å². The molecule has 0 bridgehead atoms. The fourth-order valence-corrected chi connectivity index (χ4v) is 5.52. The Morgan fingerprint density at radius 1 is 0.838 bits per heavy atom. The molecule has 1 N–H and O–H groups in total. The van der Waals surface area contributed by atoms with Crippen LogP contribution in [0, 0.1) is 6.92 Å². The lowest BCUT2D eigenvalue weighted by atomic mass is 9.85. The Hall–Kier alpha value is -4.22. The molecule has 2 aliphatic carbocycles. The first-order valence-electron chi connectivity index (χ1n) is 12.5. The first-order chi connectivity index (χ1) is 18.0. The van der Waals surface area contributed by atoms with Gasteiger partial charge in [0.05, 0.1) is 17.2 Å². The van der Waals surface area contributed by atoms with Crippen LogP contribution in [-0.2, 0) is 15.9 Å². The second-order valence-electron chi connectivity index (χ2n) is 9.59. The van der Waals surface area contributed by atoms with Gasteiger partial charge in [0.25, 0.3) is 0 Å². The number of hydrogen-bond acceptors (Lipinski definition) is 5. The van der Waals surface area contributed by atoms with Gasteiger partial charge >= 0.3 is 11.9 Å². The molecule has 184 valence electrons. The lowest BCUT2D eigenvalue weighted by Crippen LogP contribution is -2.30. The Bertz CT molecular complexity index is 1540. The van der Waals surface area contributed by atoms with Gasteiger partial charge in [0, 0.05) is 5.56 Å². The third-order valence-corrected chi connectivity index (χ3v) is 7.30. The summed E-state index contributed by atoms with van der Waals surface area (Å²) >= 11 is 0. The van der Waals surface area contributed by atoms with Gasteiger partial charge in [-0.3, -0.25) is 0 Å². The predicted molar refractivity (Wildman–Crippen MR) is 141 cm³/mol. The van der Waals surface area contributed by atoms with E-state index >= 15 is 0 Å². The van der Waals surface area contributed by atoms with Crippen LogP contribution in [0.2, 0.25) is 0 Å². The van der Waals surface area contributed by atoms with Crippen LogP contribution >= 0.6 is 0 Å². The molecule has 4 aromatic rings. The number of aryl methyl sites for hydroxylation is 2. The van der Waals surface area contributed by atoms with Gasteiger partial charge in [0.1, 0.15) is 0 Å². The second kappa shape index (κ2) is 9.34. The Labute approximate surface area is 215 Å². The van der Waals surface area contributed by atoms with Crippen molar-refractivity contribution in [2.75, 3.05) is 0 Å². The van der Waals surface area contributed by atoms with E-state index in [2.05, 4.69) is 6.07 Å². The van der Waals surface area contributed by atoms with Crippen LogP contribution < -0.4 is 0 Å². The zero-order valence-corrected chi connectivity index (χ0v) is 20.4. The highest BCUT2D eigenvalue weighted by Gasteiger charge is 2.35. The van der Waals surface area contributed by atoms with Gasteiger partial charge in [-0.1, -0.05) is 60.7 Å². The number of carbonyl (C=O) groups is 2. The van der Waals surface area contributed by atoms with Crippen molar-refractivity contribution in [2.45, 2.75) is 38.1 Å². The van der Waals surface area contributed by atoms with E-state index < -0.39 is 30.3 Å². The van der Waals surface area contributed by atoms with Crippen molar-refractivity contribution in [3.8, 4) is 0 Å². The fraction of sp³-hybridized carbons (Fsp3) is 0.188. The van der Waals surface area contributed by atoms with E-state index in [9.17, 15) is 14.7 Å². The van der Waals surface area contributed by atoms with Gasteiger partial charge < -0.3 is 14.6 Å². The van der Waals surface area contributed by atoms with E-state index in [0.29, 0.717) is 11.1 Å². The summed E-state index contributed by atoms with van der Waals surface area (Å²) in [5, 5.41) is 12.6. The molecule has 0 aromatic heterocycles. The molecule has 4 aromatic carbocycles. The number of aliphatic hydroxyl groups excluding tert-OH is 1. The smallest absolute Gasteiger partial charge is 0.338 e. The molecular weight excluding hydrogens is 464 g/mol. The average Bonchev–Trinajstić information content (AvgIpc) is 3.30. The van der Waals surface area contributed by atoms with Crippen molar-refractivity contribution >= 4 is 28.8 Å². The van der Waals surface area contributed by atoms with E-state index in [-0.39, 0.29) is 0 Å². The van der Waals surface area contributed by atoms with Crippen molar-refractivity contribution in [3.05, 3.63) is 124 Å². The number of esters is 2. The summed E-state index contributed by atoms with van der Waals surface area (Å²) in [7, 11) is 0. The first-order valence-corrected chi connectivity index (χ1v) is 12.5. The standard InChI is InChI=1S/C32H26O5/c1-19-18-26-22(14-16-27(26)33)23-12-13-25-24(29(19)23)15-17-28(36-31(34)20-8-4-2-5-9-20)30(25)37-32(35)21-10-6-3-7-11-21/h2-13,15,17-18,27-28,30,33H,14,16H2,1H3/t27?,28-,30-/m1/s1. The van der Waals surface area contributed by atoms with Gasteiger partial charge in [-0.2, -0.15) is 0 Å². The number of carbonyl (C=O) groups excluding carboxylic acids is 2. The van der Waals surface area contributed by atoms with Crippen LogP contribution in [-0.4, -0.2) is 23.1 Å². The van der Waals surface area contributed by atoms with E-state index in [4.69, 9.17) is 9.47 Å². The third-order valence-electron chi connectivity index (χ3n) is 7.30. The topological polar surface area (TPSA) is 72.8 Å². The molecule has 0 spiro atoms. The fourth-order valence-electron chi connectivity index (χ4n) is 5.52. The molecule has 0 saturated heterocycles. The number of ether oxygens (including phenoxy) is 2. The molecular formula is C32H26O5. The zero-order valence-electron chi connectivity index (χ0n) is 20.4. The second-order valence-corrected chi connectivity index (χ2v) is 9.59. The van der Waals surface area contributed by atoms with Crippen LogP contribution in [0.1, 0.15) is 67.2 Å². The van der Waals surface area contributed by atoms with Crippen molar-refractivity contribution in [2.24, 2.45) is 0 Å².